The lowest BCUT2D eigenvalue weighted by atomic mass is 10.1. The van der Waals surface area contributed by atoms with Crippen molar-refractivity contribution in [1.29, 1.82) is 0 Å². The highest BCUT2D eigenvalue weighted by Gasteiger charge is 2.04. The highest BCUT2D eigenvalue weighted by molar-refractivity contribution is 7.81. The largest absolute Gasteiger partial charge is 0.483 e. The van der Waals surface area contributed by atoms with Crippen molar-refractivity contribution in [2.45, 2.75) is 6.92 Å². The van der Waals surface area contributed by atoms with E-state index in [0.717, 1.165) is 11.1 Å². The Labute approximate surface area is 84.0 Å². The second kappa shape index (κ2) is 4.77. The van der Waals surface area contributed by atoms with Crippen molar-refractivity contribution in [2.24, 2.45) is 0 Å². The van der Waals surface area contributed by atoms with Gasteiger partial charge in [-0.15, -0.1) is 0 Å². The van der Waals surface area contributed by atoms with Crippen molar-refractivity contribution in [3.63, 3.8) is 0 Å². The number of rotatable bonds is 3. The molecule has 0 saturated carbocycles. The van der Waals surface area contributed by atoms with Gasteiger partial charge in [-0.1, -0.05) is 36.9 Å². The molecule has 0 N–H and O–H groups in total. The molecule has 0 aromatic heterocycles. The third-order valence-corrected chi connectivity index (χ3v) is 2.01. The fourth-order valence-electron chi connectivity index (χ4n) is 0.975. The lowest BCUT2D eigenvalue weighted by Crippen LogP contribution is -2.02. The summed E-state index contributed by atoms with van der Waals surface area (Å²) in [5.41, 5.74) is 1.79. The van der Waals surface area contributed by atoms with Gasteiger partial charge >= 0.3 is 0 Å². The molecule has 0 unspecified atom stereocenters. The molecule has 1 rings (SSSR count). The number of ether oxygens (including phenoxy) is 1. The third-order valence-electron chi connectivity index (χ3n) is 1.64. The first-order valence-corrected chi connectivity index (χ1v) is 4.58. The van der Waals surface area contributed by atoms with Crippen molar-refractivity contribution >= 4 is 22.8 Å². The van der Waals surface area contributed by atoms with Gasteiger partial charge in [0, 0.05) is 5.57 Å². The van der Waals surface area contributed by atoms with Crippen LogP contribution in [0, 0.1) is 0 Å². The van der Waals surface area contributed by atoms with Gasteiger partial charge in [0.1, 0.15) is 0 Å². The SMILES string of the molecule is C=C(C(=S)OCC)c1ccccc1. The van der Waals surface area contributed by atoms with Crippen molar-refractivity contribution in [1.82, 2.24) is 0 Å². The summed E-state index contributed by atoms with van der Waals surface area (Å²) in [6.07, 6.45) is 0. The van der Waals surface area contributed by atoms with Gasteiger partial charge < -0.3 is 4.74 Å². The third kappa shape index (κ3) is 2.67. The minimum absolute atomic E-state index is 0.480. The first-order chi connectivity index (χ1) is 6.25. The molecule has 0 aliphatic carbocycles. The average molecular weight is 192 g/mol. The van der Waals surface area contributed by atoms with Crippen LogP contribution in [-0.2, 0) is 4.74 Å². The van der Waals surface area contributed by atoms with Crippen molar-refractivity contribution in [3.05, 3.63) is 42.5 Å². The van der Waals surface area contributed by atoms with E-state index in [-0.39, 0.29) is 0 Å². The summed E-state index contributed by atoms with van der Waals surface area (Å²) in [6.45, 7) is 6.37. The Morgan fingerprint density at radius 2 is 2.00 bits per heavy atom. The van der Waals surface area contributed by atoms with Gasteiger partial charge in [0.05, 0.1) is 6.61 Å². The summed E-state index contributed by atoms with van der Waals surface area (Å²) < 4.78 is 5.19. The van der Waals surface area contributed by atoms with Crippen molar-refractivity contribution in [2.75, 3.05) is 6.61 Å². The minimum atomic E-state index is 0.480. The van der Waals surface area contributed by atoms with Crippen LogP contribution in [0.1, 0.15) is 12.5 Å². The molecule has 0 spiro atoms. The van der Waals surface area contributed by atoms with E-state index in [4.69, 9.17) is 17.0 Å². The smallest absolute Gasteiger partial charge is 0.191 e. The van der Waals surface area contributed by atoms with Crippen LogP contribution in [0.25, 0.3) is 5.57 Å². The first kappa shape index (κ1) is 9.93. The Morgan fingerprint density at radius 1 is 1.38 bits per heavy atom. The molecule has 0 atom stereocenters. The van der Waals surface area contributed by atoms with Gasteiger partial charge in [-0.05, 0) is 24.7 Å². The topological polar surface area (TPSA) is 9.23 Å². The first-order valence-electron chi connectivity index (χ1n) is 4.17. The molecule has 1 nitrogen and oxygen atoms in total. The van der Waals surface area contributed by atoms with E-state index >= 15 is 0 Å². The van der Waals surface area contributed by atoms with Crippen LogP contribution in [0.2, 0.25) is 0 Å². The molecule has 2 heteroatoms. The van der Waals surface area contributed by atoms with Crippen molar-refractivity contribution in [3.8, 4) is 0 Å². The van der Waals surface area contributed by atoms with E-state index in [1.165, 1.54) is 0 Å². The van der Waals surface area contributed by atoms with Gasteiger partial charge in [-0.3, -0.25) is 0 Å². The molecule has 0 aliphatic heterocycles. The Balaban J connectivity index is 2.74. The summed E-state index contributed by atoms with van der Waals surface area (Å²) in [6, 6.07) is 9.80. The molecule has 0 saturated heterocycles. The minimum Gasteiger partial charge on any atom is -0.483 e. The van der Waals surface area contributed by atoms with E-state index < -0.39 is 0 Å². The Bertz CT molecular complexity index is 303. The average Bonchev–Trinajstić information content (AvgIpc) is 2.18. The lowest BCUT2D eigenvalue weighted by Gasteiger charge is -2.07. The molecule has 1 aromatic carbocycles. The molecule has 1 aromatic rings. The molecule has 0 amide bonds. The predicted octanol–water partition coefficient (Wildman–Crippen LogP) is 3.06. The standard InChI is InChI=1S/C11H12OS/c1-3-12-11(13)9(2)10-7-5-4-6-8-10/h4-8H,2-3H2,1H3. The lowest BCUT2D eigenvalue weighted by molar-refractivity contribution is 0.341. The quantitative estimate of drug-likeness (QED) is 0.537. The summed E-state index contributed by atoms with van der Waals surface area (Å²) >= 11 is 5.04. The molecule has 0 aliphatic rings. The normalized spacial score (nSPS) is 9.31. The monoisotopic (exact) mass is 192 g/mol. The summed E-state index contributed by atoms with van der Waals surface area (Å²) in [5.74, 6) is 0. The highest BCUT2D eigenvalue weighted by atomic mass is 32.1. The van der Waals surface area contributed by atoms with Crippen LogP contribution >= 0.6 is 12.2 Å². The molecule has 13 heavy (non-hydrogen) atoms. The fraction of sp³-hybridized carbons (Fsp3) is 0.182. The molecular weight excluding hydrogens is 180 g/mol. The zero-order valence-corrected chi connectivity index (χ0v) is 8.43. The maximum atomic E-state index is 5.19. The van der Waals surface area contributed by atoms with Crippen LogP contribution in [-0.4, -0.2) is 11.7 Å². The molecule has 0 radical (unpaired) electrons. The molecule has 0 heterocycles. The van der Waals surface area contributed by atoms with Crippen LogP contribution < -0.4 is 0 Å². The van der Waals surface area contributed by atoms with Gasteiger partial charge in [-0.2, -0.15) is 0 Å². The van der Waals surface area contributed by atoms with E-state index in [0.29, 0.717) is 11.7 Å². The Hall–Kier alpha value is -1.15. The zero-order valence-electron chi connectivity index (χ0n) is 7.62. The summed E-state index contributed by atoms with van der Waals surface area (Å²) in [7, 11) is 0. The van der Waals surface area contributed by atoms with Gasteiger partial charge in [-0.25, -0.2) is 0 Å². The maximum absolute atomic E-state index is 5.19. The van der Waals surface area contributed by atoms with Crippen LogP contribution in [0.3, 0.4) is 0 Å². The van der Waals surface area contributed by atoms with Crippen LogP contribution in [0.4, 0.5) is 0 Å². The fourth-order valence-corrected chi connectivity index (χ4v) is 1.21. The molecule has 0 bridgehead atoms. The number of hydrogen-bond donors (Lipinski definition) is 0. The summed E-state index contributed by atoms with van der Waals surface area (Å²) in [4.78, 5) is 0. The highest BCUT2D eigenvalue weighted by Crippen LogP contribution is 2.14. The zero-order chi connectivity index (χ0) is 9.68. The number of hydrogen-bond acceptors (Lipinski definition) is 2. The Morgan fingerprint density at radius 3 is 2.54 bits per heavy atom. The maximum Gasteiger partial charge on any atom is 0.191 e. The number of thiocarbonyl (C=S) groups is 1. The predicted molar refractivity (Wildman–Crippen MR) is 59.7 cm³/mol. The van der Waals surface area contributed by atoms with Gasteiger partial charge in [0.25, 0.3) is 0 Å². The van der Waals surface area contributed by atoms with E-state index in [1.54, 1.807) is 0 Å². The van der Waals surface area contributed by atoms with Crippen LogP contribution in [0.5, 0.6) is 0 Å². The van der Waals surface area contributed by atoms with E-state index in [2.05, 4.69) is 6.58 Å². The summed E-state index contributed by atoms with van der Waals surface area (Å²) in [5, 5.41) is 0.480. The van der Waals surface area contributed by atoms with E-state index in [9.17, 15) is 0 Å². The van der Waals surface area contributed by atoms with Gasteiger partial charge in [0.2, 0.25) is 0 Å². The number of benzene rings is 1. The van der Waals surface area contributed by atoms with E-state index in [1.807, 2.05) is 37.3 Å². The van der Waals surface area contributed by atoms with Crippen LogP contribution in [0.15, 0.2) is 36.9 Å². The van der Waals surface area contributed by atoms with Crippen molar-refractivity contribution < 1.29 is 4.74 Å². The molecule has 68 valence electrons. The molecule has 0 fully saturated rings. The second-order valence-corrected chi connectivity index (χ2v) is 2.94. The Kier molecular flexibility index (Phi) is 3.65. The van der Waals surface area contributed by atoms with Gasteiger partial charge in [0.15, 0.2) is 5.05 Å². The molecular formula is C11H12OS. The second-order valence-electron chi connectivity index (χ2n) is 2.57.